The van der Waals surface area contributed by atoms with Crippen LogP contribution in [0.25, 0.3) is 11.1 Å². The van der Waals surface area contributed by atoms with Crippen molar-refractivity contribution in [3.05, 3.63) is 78.1 Å². The Labute approximate surface area is 194 Å². The fraction of sp³-hybridized carbons (Fsp3) is 0.333. The number of fused-ring (bicyclic) bond motifs is 3. The molecule has 0 unspecified atom stereocenters. The van der Waals surface area contributed by atoms with Crippen LogP contribution < -0.4 is 10.6 Å². The predicted octanol–water partition coefficient (Wildman–Crippen LogP) is 4.45. The molecule has 33 heavy (non-hydrogen) atoms. The molecule has 0 spiro atoms. The summed E-state index contributed by atoms with van der Waals surface area (Å²) in [7, 11) is 0. The average Bonchev–Trinajstić information content (AvgIpc) is 3.28. The van der Waals surface area contributed by atoms with Crippen LogP contribution in [0.15, 0.2) is 67.0 Å². The van der Waals surface area contributed by atoms with E-state index < -0.39 is 0 Å². The predicted molar refractivity (Wildman–Crippen MR) is 131 cm³/mol. The molecule has 1 saturated heterocycles. The van der Waals surface area contributed by atoms with Gasteiger partial charge in [0.1, 0.15) is 0 Å². The van der Waals surface area contributed by atoms with Gasteiger partial charge in [0, 0.05) is 48.7 Å². The minimum atomic E-state index is 0.0163. The highest BCUT2D eigenvalue weighted by Gasteiger charge is 2.43. The van der Waals surface area contributed by atoms with Crippen LogP contribution in [0, 0.1) is 5.92 Å². The Bertz CT molecular complexity index is 1120. The Hall–Kier alpha value is -3.22. The maximum absolute atomic E-state index is 11.7. The second kappa shape index (κ2) is 9.33. The smallest absolute Gasteiger partial charge is 0.224 e. The summed E-state index contributed by atoms with van der Waals surface area (Å²) in [6, 6.07) is 19.1. The highest BCUT2D eigenvalue weighted by molar-refractivity contribution is 5.90. The van der Waals surface area contributed by atoms with Crippen LogP contribution in [0.3, 0.4) is 0 Å². The molecule has 0 bridgehead atoms. The average molecular weight is 443 g/mol. The number of nitrogens with zero attached hydrogens (tertiary/aromatic N) is 2. The largest absolute Gasteiger partial charge is 0.394 e. The van der Waals surface area contributed by atoms with Gasteiger partial charge in [-0.3, -0.25) is 14.7 Å². The minimum Gasteiger partial charge on any atom is -0.394 e. The summed E-state index contributed by atoms with van der Waals surface area (Å²) in [6.45, 7) is 3.86. The molecule has 2 aliphatic rings. The van der Waals surface area contributed by atoms with E-state index >= 15 is 0 Å². The number of pyridine rings is 1. The summed E-state index contributed by atoms with van der Waals surface area (Å²) in [6.07, 6.45) is 5.22. The van der Waals surface area contributed by atoms with Gasteiger partial charge in [0.15, 0.2) is 0 Å². The lowest BCUT2D eigenvalue weighted by molar-refractivity contribution is -0.115. The van der Waals surface area contributed by atoms with Gasteiger partial charge in [-0.15, -0.1) is 0 Å². The first-order chi connectivity index (χ1) is 16.2. The second-order valence-electron chi connectivity index (χ2n) is 8.94. The number of amides is 1. The van der Waals surface area contributed by atoms with Crippen molar-refractivity contribution in [1.82, 2.24) is 9.88 Å². The van der Waals surface area contributed by atoms with Gasteiger partial charge in [0.05, 0.1) is 12.6 Å². The Morgan fingerprint density at radius 3 is 2.61 bits per heavy atom. The van der Waals surface area contributed by atoms with E-state index in [0.717, 1.165) is 42.0 Å². The van der Waals surface area contributed by atoms with E-state index in [0.29, 0.717) is 12.3 Å². The molecule has 0 aliphatic carbocycles. The fourth-order valence-corrected chi connectivity index (χ4v) is 5.23. The second-order valence-corrected chi connectivity index (χ2v) is 8.94. The first kappa shape index (κ1) is 21.6. The Balaban J connectivity index is 1.46. The van der Waals surface area contributed by atoms with Gasteiger partial charge >= 0.3 is 0 Å². The molecule has 3 atom stereocenters. The van der Waals surface area contributed by atoms with E-state index in [2.05, 4.69) is 63.0 Å². The van der Waals surface area contributed by atoms with Crippen molar-refractivity contribution in [2.45, 2.75) is 38.4 Å². The lowest BCUT2D eigenvalue weighted by Gasteiger charge is -2.39. The number of aromatic nitrogens is 1. The zero-order valence-electron chi connectivity index (χ0n) is 18.9. The molecule has 6 heteroatoms. The zero-order chi connectivity index (χ0) is 22.8. The van der Waals surface area contributed by atoms with Gasteiger partial charge < -0.3 is 15.7 Å². The molecule has 1 amide bonds. The van der Waals surface area contributed by atoms with Crippen molar-refractivity contribution < 1.29 is 9.90 Å². The number of aliphatic hydroxyl groups is 1. The fourth-order valence-electron chi connectivity index (χ4n) is 5.23. The van der Waals surface area contributed by atoms with Crippen molar-refractivity contribution in [2.24, 2.45) is 5.92 Å². The Kier molecular flexibility index (Phi) is 6.11. The maximum Gasteiger partial charge on any atom is 0.224 e. The van der Waals surface area contributed by atoms with Crippen LogP contribution >= 0.6 is 0 Å². The molecule has 0 saturated carbocycles. The number of rotatable bonds is 6. The van der Waals surface area contributed by atoms with E-state index in [1.165, 1.54) is 11.1 Å². The molecule has 5 rings (SSSR count). The number of carbonyl (C=O) groups is 1. The Morgan fingerprint density at radius 2 is 1.88 bits per heavy atom. The normalized spacial score (nSPS) is 21.7. The van der Waals surface area contributed by atoms with E-state index in [9.17, 15) is 9.90 Å². The topological polar surface area (TPSA) is 77.5 Å². The first-order valence-corrected chi connectivity index (χ1v) is 11.7. The monoisotopic (exact) mass is 442 g/mol. The molecule has 1 fully saturated rings. The molecular formula is C27H30N4O2. The molecular weight excluding hydrogens is 412 g/mol. The minimum absolute atomic E-state index is 0.0163. The van der Waals surface area contributed by atoms with Crippen molar-refractivity contribution >= 4 is 17.3 Å². The van der Waals surface area contributed by atoms with Crippen LogP contribution in [0.1, 0.15) is 36.9 Å². The summed E-state index contributed by atoms with van der Waals surface area (Å²) < 4.78 is 0. The van der Waals surface area contributed by atoms with E-state index in [4.69, 9.17) is 0 Å². The quantitative estimate of drug-likeness (QED) is 0.526. The van der Waals surface area contributed by atoms with Crippen molar-refractivity contribution in [3.63, 3.8) is 0 Å². The number of benzene rings is 2. The van der Waals surface area contributed by atoms with E-state index in [-0.39, 0.29) is 24.6 Å². The van der Waals surface area contributed by atoms with Crippen molar-refractivity contribution in [2.75, 3.05) is 23.8 Å². The molecule has 170 valence electrons. The molecule has 6 nitrogen and oxygen atoms in total. The number of hydrogen-bond donors (Lipinski definition) is 3. The maximum atomic E-state index is 11.7. The van der Waals surface area contributed by atoms with Gasteiger partial charge in [0.2, 0.25) is 5.91 Å². The SMILES string of the molecule is CCC(=O)Nc1ccc(-c2ccc3c(c2)[C@H]2[C@H](CCN2Cc2ccncc2)[C@@H](CO)N3)cc1. The third kappa shape index (κ3) is 4.36. The molecule has 3 N–H and O–H groups in total. The molecule has 3 aromatic rings. The molecule has 0 radical (unpaired) electrons. The Morgan fingerprint density at radius 1 is 1.12 bits per heavy atom. The van der Waals surface area contributed by atoms with Gasteiger partial charge in [-0.1, -0.05) is 25.1 Å². The summed E-state index contributed by atoms with van der Waals surface area (Å²) >= 11 is 0. The third-order valence-electron chi connectivity index (χ3n) is 6.93. The van der Waals surface area contributed by atoms with Crippen LogP contribution in [-0.2, 0) is 11.3 Å². The number of carbonyl (C=O) groups excluding carboxylic acids is 1. The summed E-state index contributed by atoms with van der Waals surface area (Å²) in [5.41, 5.74) is 6.74. The van der Waals surface area contributed by atoms with Crippen molar-refractivity contribution in [3.8, 4) is 11.1 Å². The highest BCUT2D eigenvalue weighted by Crippen LogP contribution is 2.47. The van der Waals surface area contributed by atoms with E-state index in [1.807, 2.05) is 31.5 Å². The number of aliphatic hydroxyl groups excluding tert-OH is 1. The van der Waals surface area contributed by atoms with Gasteiger partial charge in [-0.25, -0.2) is 0 Å². The summed E-state index contributed by atoms with van der Waals surface area (Å²) in [5.74, 6) is 0.383. The third-order valence-corrected chi connectivity index (χ3v) is 6.93. The van der Waals surface area contributed by atoms with Crippen molar-refractivity contribution in [1.29, 1.82) is 0 Å². The molecule has 3 heterocycles. The number of hydrogen-bond acceptors (Lipinski definition) is 5. The van der Waals surface area contributed by atoms with Crippen LogP contribution in [0.5, 0.6) is 0 Å². The lowest BCUT2D eigenvalue weighted by atomic mass is 9.82. The number of nitrogens with one attached hydrogen (secondary N) is 2. The van der Waals surface area contributed by atoms with Crippen LogP contribution in [0.2, 0.25) is 0 Å². The van der Waals surface area contributed by atoms with Gasteiger partial charge in [0.25, 0.3) is 0 Å². The van der Waals surface area contributed by atoms with Gasteiger partial charge in [-0.2, -0.15) is 0 Å². The van der Waals surface area contributed by atoms with E-state index in [1.54, 1.807) is 0 Å². The highest BCUT2D eigenvalue weighted by atomic mass is 16.3. The molecule has 2 aliphatic heterocycles. The standard InChI is InChI=1S/C27H30N4O2/c1-2-26(33)29-21-6-3-19(4-7-21)20-5-8-24-23(15-20)27-22(25(17-32)30-24)11-14-31(27)16-18-9-12-28-13-10-18/h3-10,12-13,15,22,25,27,30,32H,2,11,14,16-17H2,1H3,(H,29,33)/t22-,25-,27-/m1/s1. The molecule has 1 aromatic heterocycles. The first-order valence-electron chi connectivity index (χ1n) is 11.7. The summed E-state index contributed by atoms with van der Waals surface area (Å²) in [4.78, 5) is 18.4. The number of likely N-dealkylation sites (tertiary alicyclic amines) is 1. The lowest BCUT2D eigenvalue weighted by Crippen LogP contribution is -2.41. The summed E-state index contributed by atoms with van der Waals surface area (Å²) in [5, 5.41) is 16.6. The van der Waals surface area contributed by atoms with Crippen LogP contribution in [0.4, 0.5) is 11.4 Å². The van der Waals surface area contributed by atoms with Crippen LogP contribution in [-0.4, -0.2) is 40.1 Å². The van der Waals surface area contributed by atoms with Gasteiger partial charge in [-0.05, 0) is 71.6 Å². The zero-order valence-corrected chi connectivity index (χ0v) is 18.9. The molecule has 2 aromatic carbocycles. The number of anilines is 2.